The van der Waals surface area contributed by atoms with Gasteiger partial charge in [0.15, 0.2) is 0 Å². The second-order valence-electron chi connectivity index (χ2n) is 3.49. The number of ether oxygens (including phenoxy) is 1. The molecule has 0 aromatic rings. The number of nitrogens with two attached hydrogens (primary N) is 1. The van der Waals surface area contributed by atoms with Crippen molar-refractivity contribution in [2.45, 2.75) is 44.1 Å². The fraction of sp³-hybridized carbons (Fsp3) is 1.00. The van der Waals surface area contributed by atoms with Gasteiger partial charge in [0.1, 0.15) is 0 Å². The van der Waals surface area contributed by atoms with Gasteiger partial charge >= 0.3 is 0 Å². The van der Waals surface area contributed by atoms with Gasteiger partial charge in [-0.25, -0.2) is 0 Å². The van der Waals surface area contributed by atoms with Gasteiger partial charge in [0.25, 0.3) is 0 Å². The first-order chi connectivity index (χ1) is 5.33. The van der Waals surface area contributed by atoms with Crippen molar-refractivity contribution < 1.29 is 4.74 Å². The van der Waals surface area contributed by atoms with Gasteiger partial charge in [-0.05, 0) is 25.8 Å². The molecule has 0 atom stereocenters. The zero-order valence-electron chi connectivity index (χ0n) is 7.44. The van der Waals surface area contributed by atoms with Crippen LogP contribution in [0.5, 0.6) is 0 Å². The molecule has 66 valence electrons. The molecular weight excluding hydrogens is 138 g/mol. The van der Waals surface area contributed by atoms with Gasteiger partial charge in [-0.1, -0.05) is 19.3 Å². The lowest BCUT2D eigenvalue weighted by Crippen LogP contribution is -2.36. The molecule has 1 fully saturated rings. The van der Waals surface area contributed by atoms with Crippen molar-refractivity contribution in [3.8, 4) is 0 Å². The van der Waals surface area contributed by atoms with Crippen LogP contribution in [0.3, 0.4) is 0 Å². The second-order valence-corrected chi connectivity index (χ2v) is 3.49. The second kappa shape index (κ2) is 4.07. The third kappa shape index (κ3) is 2.17. The Labute approximate surface area is 69.1 Å². The standard InChI is InChI=1S/C9H19NO/c1-11-9(7-8-10)5-3-2-4-6-9/h2-8,10H2,1H3. The maximum atomic E-state index is 5.54. The van der Waals surface area contributed by atoms with Gasteiger partial charge in [0.2, 0.25) is 0 Å². The Morgan fingerprint density at radius 2 is 1.91 bits per heavy atom. The van der Waals surface area contributed by atoms with Crippen LogP contribution in [-0.4, -0.2) is 19.3 Å². The first-order valence-electron chi connectivity index (χ1n) is 4.58. The molecule has 1 rings (SSSR count). The van der Waals surface area contributed by atoms with Crippen molar-refractivity contribution in [2.24, 2.45) is 5.73 Å². The van der Waals surface area contributed by atoms with E-state index in [9.17, 15) is 0 Å². The molecule has 2 heteroatoms. The smallest absolute Gasteiger partial charge is 0.0690 e. The lowest BCUT2D eigenvalue weighted by atomic mass is 9.82. The summed E-state index contributed by atoms with van der Waals surface area (Å²) in [5.74, 6) is 0. The Morgan fingerprint density at radius 3 is 2.36 bits per heavy atom. The molecule has 11 heavy (non-hydrogen) atoms. The van der Waals surface area contributed by atoms with Gasteiger partial charge in [-0.15, -0.1) is 0 Å². The summed E-state index contributed by atoms with van der Waals surface area (Å²) in [7, 11) is 1.82. The summed E-state index contributed by atoms with van der Waals surface area (Å²) >= 11 is 0. The molecule has 2 nitrogen and oxygen atoms in total. The summed E-state index contributed by atoms with van der Waals surface area (Å²) in [4.78, 5) is 0. The fourth-order valence-corrected chi connectivity index (χ4v) is 2.02. The van der Waals surface area contributed by atoms with Gasteiger partial charge < -0.3 is 10.5 Å². The predicted octanol–water partition coefficient (Wildman–Crippen LogP) is 1.68. The monoisotopic (exact) mass is 157 g/mol. The number of methoxy groups -OCH3 is 1. The van der Waals surface area contributed by atoms with Crippen LogP contribution in [0.2, 0.25) is 0 Å². The van der Waals surface area contributed by atoms with E-state index in [1.54, 1.807) is 0 Å². The number of hydrogen-bond acceptors (Lipinski definition) is 2. The predicted molar refractivity (Wildman–Crippen MR) is 46.5 cm³/mol. The summed E-state index contributed by atoms with van der Waals surface area (Å²) in [6, 6.07) is 0. The third-order valence-corrected chi connectivity index (χ3v) is 2.80. The Kier molecular flexibility index (Phi) is 3.34. The normalized spacial score (nSPS) is 23.5. The van der Waals surface area contributed by atoms with Crippen LogP contribution in [0.25, 0.3) is 0 Å². The summed E-state index contributed by atoms with van der Waals surface area (Å²) in [5, 5.41) is 0. The molecule has 0 radical (unpaired) electrons. The van der Waals surface area contributed by atoms with E-state index in [1.165, 1.54) is 32.1 Å². The minimum Gasteiger partial charge on any atom is -0.378 e. The van der Waals surface area contributed by atoms with Crippen molar-refractivity contribution in [3.63, 3.8) is 0 Å². The van der Waals surface area contributed by atoms with Crippen molar-refractivity contribution in [1.29, 1.82) is 0 Å². The van der Waals surface area contributed by atoms with Gasteiger partial charge in [-0.3, -0.25) is 0 Å². The van der Waals surface area contributed by atoms with E-state index in [2.05, 4.69) is 0 Å². The van der Waals surface area contributed by atoms with Crippen LogP contribution in [0.4, 0.5) is 0 Å². The van der Waals surface area contributed by atoms with Crippen LogP contribution in [0.1, 0.15) is 38.5 Å². The summed E-state index contributed by atoms with van der Waals surface area (Å²) in [6.07, 6.45) is 7.45. The Bertz CT molecular complexity index is 103. The molecule has 0 amide bonds. The average Bonchev–Trinajstić information content (AvgIpc) is 2.07. The minimum absolute atomic E-state index is 0.146. The highest BCUT2D eigenvalue weighted by Crippen LogP contribution is 2.33. The highest BCUT2D eigenvalue weighted by atomic mass is 16.5. The molecule has 0 unspecified atom stereocenters. The zero-order valence-corrected chi connectivity index (χ0v) is 7.44. The van der Waals surface area contributed by atoms with Gasteiger partial charge in [0.05, 0.1) is 5.60 Å². The van der Waals surface area contributed by atoms with Gasteiger partial charge in [0, 0.05) is 7.11 Å². The number of rotatable bonds is 3. The number of hydrogen-bond donors (Lipinski definition) is 1. The van der Waals surface area contributed by atoms with E-state index < -0.39 is 0 Å². The largest absolute Gasteiger partial charge is 0.378 e. The molecule has 0 heterocycles. The Morgan fingerprint density at radius 1 is 1.27 bits per heavy atom. The first kappa shape index (κ1) is 9.01. The lowest BCUT2D eigenvalue weighted by Gasteiger charge is -2.35. The molecule has 0 aliphatic heterocycles. The van der Waals surface area contributed by atoms with E-state index in [0.29, 0.717) is 0 Å². The van der Waals surface area contributed by atoms with E-state index in [-0.39, 0.29) is 5.60 Å². The molecule has 1 aliphatic rings. The zero-order chi connectivity index (χ0) is 8.16. The Hall–Kier alpha value is -0.0800. The average molecular weight is 157 g/mol. The van der Waals surface area contributed by atoms with E-state index in [0.717, 1.165) is 13.0 Å². The minimum atomic E-state index is 0.146. The maximum absolute atomic E-state index is 5.54. The quantitative estimate of drug-likeness (QED) is 0.676. The molecule has 0 aromatic carbocycles. The van der Waals surface area contributed by atoms with Crippen LogP contribution in [0.15, 0.2) is 0 Å². The van der Waals surface area contributed by atoms with Crippen molar-refractivity contribution in [3.05, 3.63) is 0 Å². The third-order valence-electron chi connectivity index (χ3n) is 2.80. The van der Waals surface area contributed by atoms with Crippen LogP contribution >= 0.6 is 0 Å². The first-order valence-corrected chi connectivity index (χ1v) is 4.58. The SMILES string of the molecule is COC1(CCN)CCCCC1. The van der Waals surface area contributed by atoms with E-state index in [4.69, 9.17) is 10.5 Å². The molecule has 2 N–H and O–H groups in total. The molecule has 1 aliphatic carbocycles. The summed E-state index contributed by atoms with van der Waals surface area (Å²) in [5.41, 5.74) is 5.69. The molecule has 1 saturated carbocycles. The molecule has 0 aromatic heterocycles. The van der Waals surface area contributed by atoms with Crippen molar-refractivity contribution in [1.82, 2.24) is 0 Å². The topological polar surface area (TPSA) is 35.2 Å². The fourth-order valence-electron chi connectivity index (χ4n) is 2.02. The molecular formula is C9H19NO. The maximum Gasteiger partial charge on any atom is 0.0690 e. The van der Waals surface area contributed by atoms with E-state index in [1.807, 2.05) is 7.11 Å². The van der Waals surface area contributed by atoms with Crippen LogP contribution in [0, 0.1) is 0 Å². The van der Waals surface area contributed by atoms with Crippen LogP contribution in [-0.2, 0) is 4.74 Å². The van der Waals surface area contributed by atoms with Crippen molar-refractivity contribution in [2.75, 3.05) is 13.7 Å². The van der Waals surface area contributed by atoms with E-state index >= 15 is 0 Å². The Balaban J connectivity index is 2.42. The molecule has 0 saturated heterocycles. The van der Waals surface area contributed by atoms with Gasteiger partial charge in [-0.2, -0.15) is 0 Å². The van der Waals surface area contributed by atoms with Crippen LogP contribution < -0.4 is 5.73 Å². The van der Waals surface area contributed by atoms with Crippen molar-refractivity contribution >= 4 is 0 Å². The lowest BCUT2D eigenvalue weighted by molar-refractivity contribution is -0.0434. The highest BCUT2D eigenvalue weighted by molar-refractivity contribution is 4.84. The summed E-state index contributed by atoms with van der Waals surface area (Å²) < 4.78 is 5.54. The summed E-state index contributed by atoms with van der Waals surface area (Å²) in [6.45, 7) is 0.758. The molecule has 0 spiro atoms. The highest BCUT2D eigenvalue weighted by Gasteiger charge is 2.30. The molecule has 0 bridgehead atoms.